The van der Waals surface area contributed by atoms with Crippen molar-refractivity contribution in [3.8, 4) is 0 Å². The SMILES string of the molecule is C=C(C)C(CC=C(C)C)C(=O)O.C=CC(C)(C)OC(=O)C=C(C)C.CCCCC(C)Cl.C[CH-]CCCC.C[Si](C)(C)N[Si](C)(C)C.[Cl-].[H-].[H-].[Mg+2].[Mg+2]. The summed E-state index contributed by atoms with van der Waals surface area (Å²) in [4.78, 5) is 21.7. The summed E-state index contributed by atoms with van der Waals surface area (Å²) >= 11 is 5.66. The molecule has 0 aliphatic carbocycles. The van der Waals surface area contributed by atoms with Crippen LogP contribution in [-0.2, 0) is 14.3 Å². The van der Waals surface area contributed by atoms with E-state index in [1.807, 2.05) is 40.7 Å². The first-order chi connectivity index (χ1) is 20.7. The molecule has 0 fully saturated rings. The van der Waals surface area contributed by atoms with Crippen LogP contribution in [0.5, 0.6) is 0 Å². The van der Waals surface area contributed by atoms with Crippen molar-refractivity contribution in [2.75, 3.05) is 0 Å². The number of carboxylic acids is 1. The number of unbranched alkanes of at least 4 members (excludes halogenated alkanes) is 4. The van der Waals surface area contributed by atoms with E-state index in [-0.39, 0.29) is 67.3 Å². The van der Waals surface area contributed by atoms with Gasteiger partial charge in [-0.2, -0.15) is 13.3 Å². The summed E-state index contributed by atoms with van der Waals surface area (Å²) in [6, 6.07) is 0. The number of nitrogens with one attached hydrogen (secondary N) is 1. The number of alkyl halides is 1. The number of ether oxygens (including phenoxy) is 1. The average Bonchev–Trinajstić information content (AvgIpc) is 2.84. The quantitative estimate of drug-likeness (QED) is 0.0330. The van der Waals surface area contributed by atoms with Gasteiger partial charge in [0.25, 0.3) is 0 Å². The van der Waals surface area contributed by atoms with Gasteiger partial charge in [0.2, 0.25) is 0 Å². The second-order valence-corrected chi connectivity index (χ2v) is 25.5. The molecule has 0 bridgehead atoms. The number of hydrogen-bond donors (Lipinski definition) is 2. The normalized spacial score (nSPS) is 11.1. The Hall–Kier alpha value is 0.406. The zero-order chi connectivity index (χ0) is 37.7. The number of carboxylic acid groups (broad SMARTS) is 1. The third-order valence-electron chi connectivity index (χ3n) is 5.47. The van der Waals surface area contributed by atoms with Crippen LogP contribution in [0.2, 0.25) is 39.3 Å². The number of esters is 1. The van der Waals surface area contributed by atoms with Crippen molar-refractivity contribution in [1.29, 1.82) is 0 Å². The minimum absolute atomic E-state index is 0. The zero-order valence-electron chi connectivity index (χ0n) is 37.2. The number of allylic oxidation sites excluding steroid dienone is 3. The van der Waals surface area contributed by atoms with Crippen molar-refractivity contribution in [3.05, 3.63) is 54.5 Å². The third-order valence-corrected chi connectivity index (χ3v) is 11.7. The molecule has 286 valence electrons. The van der Waals surface area contributed by atoms with Crippen LogP contribution in [0.4, 0.5) is 0 Å². The summed E-state index contributed by atoms with van der Waals surface area (Å²) in [6.45, 7) is 42.8. The Labute approximate surface area is 354 Å². The van der Waals surface area contributed by atoms with Gasteiger partial charge in [-0.3, -0.25) is 4.79 Å². The predicted octanol–water partition coefficient (Wildman–Crippen LogP) is 9.00. The van der Waals surface area contributed by atoms with Crippen LogP contribution < -0.4 is 17.1 Å². The standard InChI is InChI=1S/2C10H16O2.C6H13Cl.C6H19NSi2.C6H13.ClH.2Mg.2H/c1-7(2)5-6-9(8(3)4)10(11)12;1-6-10(4,5)12-9(11)7-8(2)3;1-3-4-5-6(2)7;1-8(2,3)7-9(4,5)6;1-3-5-6-4-2;;;;;/h5,9H,3,6H2,1-2,4H3,(H,11,12);6-7H,1H2,2-5H3;6H,3-5H2,1-2H3;7H,1-6H3;3H,4-6H2,1-2H3;1H;;;;/q;;;;-1;;2*+2;2*-1/p-1. The fourth-order valence-electron chi connectivity index (χ4n) is 3.45. The first kappa shape index (κ1) is 67.5. The van der Waals surface area contributed by atoms with Gasteiger partial charge in [0.15, 0.2) is 0 Å². The van der Waals surface area contributed by atoms with Gasteiger partial charge in [-0.1, -0.05) is 115 Å². The summed E-state index contributed by atoms with van der Waals surface area (Å²) in [6.07, 6.45) is 15.4. The molecular weight excluding hydrogens is 710 g/mol. The molecule has 49 heavy (non-hydrogen) atoms. The molecule has 0 radical (unpaired) electrons. The summed E-state index contributed by atoms with van der Waals surface area (Å²) in [5, 5.41) is 9.14. The zero-order valence-corrected chi connectivity index (χ0v) is 41.5. The van der Waals surface area contributed by atoms with Gasteiger partial charge in [-0.25, -0.2) is 4.79 Å². The van der Waals surface area contributed by atoms with Crippen molar-refractivity contribution in [2.24, 2.45) is 5.92 Å². The summed E-state index contributed by atoms with van der Waals surface area (Å²) in [5.41, 5.74) is 2.20. The largest absolute Gasteiger partial charge is 2.00 e. The Morgan fingerprint density at radius 2 is 1.39 bits per heavy atom. The van der Waals surface area contributed by atoms with E-state index >= 15 is 0 Å². The van der Waals surface area contributed by atoms with Crippen molar-refractivity contribution in [3.63, 3.8) is 0 Å². The number of rotatable bonds is 15. The van der Waals surface area contributed by atoms with Gasteiger partial charge in [-0.05, 0) is 74.3 Å². The molecule has 0 spiro atoms. The maximum absolute atomic E-state index is 11.1. The molecule has 0 aliphatic rings. The van der Waals surface area contributed by atoms with Crippen molar-refractivity contribution >= 4 is 86.1 Å². The number of hydrogen-bond acceptors (Lipinski definition) is 4. The van der Waals surface area contributed by atoms with Crippen LogP contribution in [0.25, 0.3) is 0 Å². The van der Waals surface area contributed by atoms with Crippen LogP contribution >= 0.6 is 11.6 Å². The summed E-state index contributed by atoms with van der Waals surface area (Å²) in [7, 11) is -1.96. The minimum atomic E-state index is -0.981. The smallest absolute Gasteiger partial charge is 1.00 e. The Bertz CT molecular complexity index is 858. The molecule has 0 amide bonds. The van der Waals surface area contributed by atoms with Gasteiger partial charge >= 0.3 is 58.0 Å². The van der Waals surface area contributed by atoms with Gasteiger partial charge in [0, 0.05) is 11.5 Å². The molecule has 0 aromatic rings. The van der Waals surface area contributed by atoms with Gasteiger partial charge in [0.05, 0.1) is 5.92 Å². The number of carbonyl (C=O) groups excluding carboxylic acids is 1. The number of carbonyl (C=O) groups is 2. The van der Waals surface area contributed by atoms with Crippen LogP contribution in [0.3, 0.4) is 0 Å². The van der Waals surface area contributed by atoms with Crippen molar-refractivity contribution in [2.45, 2.75) is 171 Å². The molecule has 0 saturated heterocycles. The van der Waals surface area contributed by atoms with E-state index in [9.17, 15) is 9.59 Å². The molecule has 0 saturated carbocycles. The van der Waals surface area contributed by atoms with Crippen molar-refractivity contribution in [1.82, 2.24) is 4.65 Å². The Balaban J connectivity index is -0.0000000514. The second kappa shape index (κ2) is 39.6. The predicted molar refractivity (Wildman–Crippen MR) is 228 cm³/mol. The molecule has 2 N–H and O–H groups in total. The maximum Gasteiger partial charge on any atom is 2.00 e. The Morgan fingerprint density at radius 3 is 1.57 bits per heavy atom. The first-order valence-electron chi connectivity index (χ1n) is 17.0. The van der Waals surface area contributed by atoms with E-state index in [4.69, 9.17) is 21.4 Å². The third kappa shape index (κ3) is 70.7. The van der Waals surface area contributed by atoms with E-state index in [2.05, 4.69) is 84.3 Å². The Morgan fingerprint density at radius 1 is 0.959 bits per heavy atom. The van der Waals surface area contributed by atoms with Crippen LogP contribution in [0.15, 0.2) is 48.1 Å². The van der Waals surface area contributed by atoms with Gasteiger partial charge < -0.3 is 36.2 Å². The molecule has 0 aromatic carbocycles. The molecule has 0 aromatic heterocycles. The topological polar surface area (TPSA) is 75.6 Å². The molecule has 0 heterocycles. The van der Waals surface area contributed by atoms with E-state index in [0.717, 1.165) is 17.6 Å². The molecule has 2 atom stereocenters. The number of halogens is 2. The average molecular weight is 790 g/mol. The van der Waals surface area contributed by atoms with E-state index in [0.29, 0.717) is 17.4 Å². The fourth-order valence-corrected chi connectivity index (χ4v) is 12.6. The van der Waals surface area contributed by atoms with Gasteiger partial charge in [0.1, 0.15) is 22.1 Å². The maximum atomic E-state index is 11.1. The molecule has 11 heteroatoms. The summed E-state index contributed by atoms with van der Waals surface area (Å²) in [5.74, 6) is -1.54. The Kier molecular flexibility index (Phi) is 54.6. The second-order valence-electron chi connectivity index (χ2n) is 14.8. The fraction of sp³-hybridized carbons (Fsp3) is 0.711. The summed E-state index contributed by atoms with van der Waals surface area (Å²) < 4.78 is 8.80. The van der Waals surface area contributed by atoms with E-state index in [1.54, 1.807) is 26.8 Å². The van der Waals surface area contributed by atoms with Crippen LogP contribution in [0, 0.1) is 12.3 Å². The monoisotopic (exact) mass is 787 g/mol. The first-order valence-corrected chi connectivity index (χ1v) is 24.4. The minimum Gasteiger partial charge on any atom is -1.00 e. The van der Waals surface area contributed by atoms with Crippen molar-refractivity contribution < 1.29 is 34.7 Å². The molecule has 0 rings (SSSR count). The van der Waals surface area contributed by atoms with Gasteiger partial charge in [-0.15, -0.1) is 11.6 Å². The molecule has 0 aliphatic heterocycles. The van der Waals surface area contributed by atoms with E-state index in [1.165, 1.54) is 38.2 Å². The molecular formula is C38H79Cl2Mg2NO4Si2. The van der Waals surface area contributed by atoms with Crippen LogP contribution in [-0.4, -0.2) is 90.6 Å². The molecule has 2 unspecified atom stereocenters. The van der Waals surface area contributed by atoms with E-state index < -0.39 is 34.0 Å². The molecule has 5 nitrogen and oxygen atoms in total. The van der Waals surface area contributed by atoms with Crippen LogP contribution in [0.1, 0.15) is 124 Å². The number of aliphatic carboxylic acids is 1.